The number of furan rings is 1. The normalized spacial score (nSPS) is 13.5. The third-order valence-corrected chi connectivity index (χ3v) is 4.26. The van der Waals surface area contributed by atoms with Gasteiger partial charge in [0.25, 0.3) is 0 Å². The van der Waals surface area contributed by atoms with E-state index in [1.54, 1.807) is 43.5 Å². The van der Waals surface area contributed by atoms with Crippen LogP contribution in [0.1, 0.15) is 25.2 Å². The summed E-state index contributed by atoms with van der Waals surface area (Å²) in [5.74, 6) is 1.31. The number of hydrogen-bond donors (Lipinski definition) is 3. The van der Waals surface area contributed by atoms with Crippen LogP contribution < -0.4 is 15.4 Å². The molecule has 8 heteroatoms. The first-order valence-corrected chi connectivity index (χ1v) is 9.64. The minimum Gasteiger partial charge on any atom is -0.466 e. The van der Waals surface area contributed by atoms with Gasteiger partial charge in [0.05, 0.1) is 19.4 Å². The third kappa shape index (κ3) is 5.81. The molecule has 7 nitrogen and oxygen atoms in total. The summed E-state index contributed by atoms with van der Waals surface area (Å²) in [5, 5.41) is 16.9. The standard InChI is InChI=1S/C22H25FN4O3/c1-3-24-21(27-15-22(2,28)19-10-6-12-29-19)26-14-16-7-5-11-25-20(16)30-18-9-4-8-17(23)13-18/h4-13,28H,3,14-15H2,1-2H3,(H2,24,26,27). The molecule has 0 bridgehead atoms. The molecule has 3 N–H and O–H groups in total. The van der Waals surface area contributed by atoms with Crippen LogP contribution in [0.25, 0.3) is 0 Å². The van der Waals surface area contributed by atoms with Crippen LogP contribution in [0.15, 0.2) is 70.4 Å². The SMILES string of the molecule is CCNC(=NCc1cccnc1Oc1cccc(F)c1)NCC(C)(O)c1ccco1. The van der Waals surface area contributed by atoms with Crippen LogP contribution in [0.4, 0.5) is 4.39 Å². The van der Waals surface area contributed by atoms with Gasteiger partial charge >= 0.3 is 0 Å². The van der Waals surface area contributed by atoms with E-state index in [-0.39, 0.29) is 18.9 Å². The molecular formula is C22H25FN4O3. The number of aliphatic imine (C=N–C) groups is 1. The Morgan fingerprint density at radius 2 is 2.10 bits per heavy atom. The van der Waals surface area contributed by atoms with E-state index in [0.717, 1.165) is 5.56 Å². The fourth-order valence-electron chi connectivity index (χ4n) is 2.71. The van der Waals surface area contributed by atoms with Gasteiger partial charge in [-0.15, -0.1) is 0 Å². The second kappa shape index (κ2) is 9.89. The molecule has 158 valence electrons. The Kier molecular flexibility index (Phi) is 7.03. The van der Waals surface area contributed by atoms with Crippen molar-refractivity contribution in [3.63, 3.8) is 0 Å². The zero-order valence-corrected chi connectivity index (χ0v) is 16.9. The summed E-state index contributed by atoms with van der Waals surface area (Å²) in [6.07, 6.45) is 3.12. The lowest BCUT2D eigenvalue weighted by atomic mass is 10.0. The van der Waals surface area contributed by atoms with Crippen molar-refractivity contribution < 1.29 is 18.7 Å². The van der Waals surface area contributed by atoms with Crippen LogP contribution in [0.3, 0.4) is 0 Å². The second-order valence-corrected chi connectivity index (χ2v) is 6.83. The number of benzene rings is 1. The van der Waals surface area contributed by atoms with Gasteiger partial charge in [-0.2, -0.15) is 0 Å². The van der Waals surface area contributed by atoms with Gasteiger partial charge in [0.2, 0.25) is 5.88 Å². The molecule has 0 radical (unpaired) electrons. The Hall–Kier alpha value is -3.39. The Labute approximate surface area is 174 Å². The molecule has 0 amide bonds. The highest BCUT2D eigenvalue weighted by Crippen LogP contribution is 2.24. The smallest absolute Gasteiger partial charge is 0.224 e. The number of aromatic nitrogens is 1. The van der Waals surface area contributed by atoms with E-state index in [1.807, 2.05) is 13.0 Å². The van der Waals surface area contributed by atoms with E-state index < -0.39 is 5.60 Å². The van der Waals surface area contributed by atoms with Gasteiger partial charge in [0, 0.05) is 24.4 Å². The highest BCUT2D eigenvalue weighted by Gasteiger charge is 2.26. The summed E-state index contributed by atoms with van der Waals surface area (Å²) in [6, 6.07) is 12.9. The summed E-state index contributed by atoms with van der Waals surface area (Å²) in [6.45, 7) is 4.73. The van der Waals surface area contributed by atoms with Gasteiger partial charge in [-0.1, -0.05) is 12.1 Å². The molecule has 1 unspecified atom stereocenters. The number of hydrogen-bond acceptors (Lipinski definition) is 5. The molecule has 3 aromatic rings. The van der Waals surface area contributed by atoms with Crippen molar-refractivity contribution in [3.8, 4) is 11.6 Å². The first-order chi connectivity index (χ1) is 14.5. The lowest BCUT2D eigenvalue weighted by Gasteiger charge is -2.22. The Balaban J connectivity index is 1.70. The van der Waals surface area contributed by atoms with Crippen molar-refractivity contribution in [2.24, 2.45) is 4.99 Å². The summed E-state index contributed by atoms with van der Waals surface area (Å²) in [7, 11) is 0. The number of rotatable bonds is 8. The zero-order valence-electron chi connectivity index (χ0n) is 16.9. The maximum absolute atomic E-state index is 13.4. The van der Waals surface area contributed by atoms with Gasteiger partial charge < -0.3 is 24.9 Å². The van der Waals surface area contributed by atoms with E-state index in [4.69, 9.17) is 9.15 Å². The van der Waals surface area contributed by atoms with Gasteiger partial charge in [-0.3, -0.25) is 0 Å². The number of guanidine groups is 1. The van der Waals surface area contributed by atoms with Crippen LogP contribution >= 0.6 is 0 Å². The van der Waals surface area contributed by atoms with Gasteiger partial charge in [-0.25, -0.2) is 14.4 Å². The number of halogens is 1. The summed E-state index contributed by atoms with van der Waals surface area (Å²) >= 11 is 0. The molecule has 2 heterocycles. The quantitative estimate of drug-likeness (QED) is 0.387. The van der Waals surface area contributed by atoms with Crippen molar-refractivity contribution >= 4 is 5.96 Å². The van der Waals surface area contributed by atoms with Crippen molar-refractivity contribution in [2.45, 2.75) is 26.0 Å². The molecular weight excluding hydrogens is 387 g/mol. The Bertz CT molecular complexity index is 974. The number of nitrogens with zero attached hydrogens (tertiary/aromatic N) is 2. The van der Waals surface area contributed by atoms with Crippen LogP contribution in [0.2, 0.25) is 0 Å². The largest absolute Gasteiger partial charge is 0.466 e. The molecule has 0 aliphatic heterocycles. The number of nitrogens with one attached hydrogen (secondary N) is 2. The topological polar surface area (TPSA) is 91.9 Å². The molecule has 2 aromatic heterocycles. The maximum atomic E-state index is 13.4. The third-order valence-electron chi connectivity index (χ3n) is 4.26. The average molecular weight is 412 g/mol. The first kappa shape index (κ1) is 21.3. The Morgan fingerprint density at radius 1 is 1.23 bits per heavy atom. The van der Waals surface area contributed by atoms with E-state index in [2.05, 4.69) is 20.6 Å². The van der Waals surface area contributed by atoms with E-state index in [1.165, 1.54) is 18.4 Å². The maximum Gasteiger partial charge on any atom is 0.224 e. The molecule has 3 rings (SSSR count). The van der Waals surface area contributed by atoms with Crippen molar-refractivity contribution in [1.29, 1.82) is 0 Å². The monoisotopic (exact) mass is 412 g/mol. The van der Waals surface area contributed by atoms with Crippen molar-refractivity contribution in [1.82, 2.24) is 15.6 Å². The van der Waals surface area contributed by atoms with E-state index in [0.29, 0.717) is 29.9 Å². The molecule has 0 saturated carbocycles. The second-order valence-electron chi connectivity index (χ2n) is 6.83. The minimum atomic E-state index is -1.19. The molecule has 30 heavy (non-hydrogen) atoms. The number of aliphatic hydroxyl groups is 1. The average Bonchev–Trinajstić information content (AvgIpc) is 3.27. The van der Waals surface area contributed by atoms with E-state index in [9.17, 15) is 9.50 Å². The van der Waals surface area contributed by atoms with Gasteiger partial charge in [-0.05, 0) is 44.2 Å². The summed E-state index contributed by atoms with van der Waals surface area (Å²) in [4.78, 5) is 8.79. The predicted octanol–water partition coefficient (Wildman–Crippen LogP) is 3.57. The number of pyridine rings is 1. The molecule has 0 aliphatic rings. The van der Waals surface area contributed by atoms with Crippen molar-refractivity contribution in [2.75, 3.05) is 13.1 Å². The van der Waals surface area contributed by atoms with Crippen LogP contribution in [0.5, 0.6) is 11.6 Å². The van der Waals surface area contributed by atoms with Crippen molar-refractivity contribution in [3.05, 3.63) is 78.1 Å². The fraction of sp³-hybridized carbons (Fsp3) is 0.273. The fourth-order valence-corrected chi connectivity index (χ4v) is 2.71. The molecule has 1 aromatic carbocycles. The Morgan fingerprint density at radius 3 is 2.83 bits per heavy atom. The first-order valence-electron chi connectivity index (χ1n) is 9.64. The van der Waals surface area contributed by atoms with Crippen LogP contribution in [0, 0.1) is 5.82 Å². The molecule has 0 aliphatic carbocycles. The summed E-state index contributed by atoms with van der Waals surface area (Å²) in [5.41, 5.74) is -0.462. The minimum absolute atomic E-state index is 0.200. The molecule has 0 saturated heterocycles. The van der Waals surface area contributed by atoms with Gasteiger partial charge in [0.1, 0.15) is 22.9 Å². The lowest BCUT2D eigenvalue weighted by Crippen LogP contribution is -2.44. The van der Waals surface area contributed by atoms with Crippen LogP contribution in [-0.4, -0.2) is 29.1 Å². The highest BCUT2D eigenvalue weighted by atomic mass is 19.1. The molecule has 0 spiro atoms. The van der Waals surface area contributed by atoms with Gasteiger partial charge in [0.15, 0.2) is 5.96 Å². The van der Waals surface area contributed by atoms with E-state index >= 15 is 0 Å². The number of ether oxygens (including phenoxy) is 1. The zero-order chi connectivity index (χ0) is 21.4. The molecule has 0 fully saturated rings. The lowest BCUT2D eigenvalue weighted by molar-refractivity contribution is 0.0386. The predicted molar refractivity (Wildman–Crippen MR) is 112 cm³/mol. The summed E-state index contributed by atoms with van der Waals surface area (Å²) < 4.78 is 24.5. The van der Waals surface area contributed by atoms with Crippen LogP contribution in [-0.2, 0) is 12.1 Å². The molecule has 1 atom stereocenters. The highest BCUT2D eigenvalue weighted by molar-refractivity contribution is 5.79.